The Labute approximate surface area is 125 Å². The summed E-state index contributed by atoms with van der Waals surface area (Å²) in [6, 6.07) is 12.8. The molecule has 0 bridgehead atoms. The second-order valence-corrected chi connectivity index (χ2v) is 6.83. The van der Waals surface area contributed by atoms with Gasteiger partial charge in [-0.05, 0) is 44.0 Å². The van der Waals surface area contributed by atoms with Gasteiger partial charge in [-0.25, -0.2) is 0 Å². The van der Waals surface area contributed by atoms with Crippen LogP contribution in [0.4, 0.5) is 5.69 Å². The minimum Gasteiger partial charge on any atom is -0.491 e. The number of aryl methyl sites for hydroxylation is 1. The Kier molecular flexibility index (Phi) is 5.07. The van der Waals surface area contributed by atoms with Crippen molar-refractivity contribution < 1.29 is 4.74 Å². The van der Waals surface area contributed by atoms with Crippen LogP contribution in [0.5, 0.6) is 5.75 Å². The maximum absolute atomic E-state index is 5.88. The Morgan fingerprint density at radius 3 is 2.50 bits per heavy atom. The number of anilines is 1. The summed E-state index contributed by atoms with van der Waals surface area (Å²) >= 11 is 1.84. The van der Waals surface area contributed by atoms with Gasteiger partial charge < -0.3 is 10.1 Å². The van der Waals surface area contributed by atoms with Gasteiger partial charge in [-0.3, -0.25) is 0 Å². The molecule has 2 nitrogen and oxygen atoms in total. The van der Waals surface area contributed by atoms with Gasteiger partial charge in [0.05, 0.1) is 18.3 Å². The zero-order chi connectivity index (χ0) is 14.5. The molecule has 0 radical (unpaired) electrons. The molecule has 0 spiro atoms. The molecule has 1 N–H and O–H groups in total. The molecule has 0 aliphatic rings. The van der Waals surface area contributed by atoms with E-state index in [2.05, 4.69) is 51.2 Å². The van der Waals surface area contributed by atoms with Crippen molar-refractivity contribution >= 4 is 17.0 Å². The monoisotopic (exact) mass is 289 g/mol. The third kappa shape index (κ3) is 4.01. The SMILES string of the molecule is Cc1ccc(C(C)Nc2ccccc2OCC(C)C)s1. The molecule has 108 valence electrons. The first kappa shape index (κ1) is 14.9. The summed E-state index contributed by atoms with van der Waals surface area (Å²) in [6.07, 6.45) is 0. The van der Waals surface area contributed by atoms with Gasteiger partial charge >= 0.3 is 0 Å². The minimum absolute atomic E-state index is 0.289. The van der Waals surface area contributed by atoms with Crippen LogP contribution in [0.25, 0.3) is 0 Å². The second-order valence-electron chi connectivity index (χ2n) is 5.52. The van der Waals surface area contributed by atoms with E-state index in [-0.39, 0.29) is 6.04 Å². The van der Waals surface area contributed by atoms with Crippen LogP contribution in [-0.4, -0.2) is 6.61 Å². The van der Waals surface area contributed by atoms with Gasteiger partial charge in [0.2, 0.25) is 0 Å². The number of ether oxygens (including phenoxy) is 1. The van der Waals surface area contributed by atoms with Gasteiger partial charge in [-0.15, -0.1) is 11.3 Å². The number of thiophene rings is 1. The molecule has 2 aromatic rings. The fourth-order valence-electron chi connectivity index (χ4n) is 1.96. The van der Waals surface area contributed by atoms with Crippen molar-refractivity contribution in [2.45, 2.75) is 33.7 Å². The molecular weight excluding hydrogens is 266 g/mol. The van der Waals surface area contributed by atoms with Crippen molar-refractivity contribution in [2.24, 2.45) is 5.92 Å². The van der Waals surface area contributed by atoms with E-state index < -0.39 is 0 Å². The predicted octanol–water partition coefficient (Wildman–Crippen LogP) is 5.26. The van der Waals surface area contributed by atoms with E-state index in [1.165, 1.54) is 9.75 Å². The number of rotatable bonds is 6. The molecule has 1 heterocycles. The lowest BCUT2D eigenvalue weighted by Gasteiger charge is -2.18. The van der Waals surface area contributed by atoms with Crippen LogP contribution in [-0.2, 0) is 0 Å². The molecule has 0 amide bonds. The lowest BCUT2D eigenvalue weighted by molar-refractivity contribution is 0.272. The highest BCUT2D eigenvalue weighted by atomic mass is 32.1. The Morgan fingerprint density at radius 2 is 1.85 bits per heavy atom. The van der Waals surface area contributed by atoms with Crippen molar-refractivity contribution in [1.82, 2.24) is 0 Å². The first-order valence-corrected chi connectivity index (χ1v) is 7.92. The van der Waals surface area contributed by atoms with E-state index in [1.807, 2.05) is 29.5 Å². The van der Waals surface area contributed by atoms with Gasteiger partial charge in [-0.1, -0.05) is 26.0 Å². The van der Waals surface area contributed by atoms with Gasteiger partial charge in [-0.2, -0.15) is 0 Å². The highest BCUT2D eigenvalue weighted by molar-refractivity contribution is 7.12. The first-order valence-electron chi connectivity index (χ1n) is 7.11. The third-order valence-corrected chi connectivity index (χ3v) is 4.20. The van der Waals surface area contributed by atoms with E-state index >= 15 is 0 Å². The molecule has 3 heteroatoms. The Bertz CT molecular complexity index is 547. The largest absolute Gasteiger partial charge is 0.491 e. The number of hydrogen-bond donors (Lipinski definition) is 1. The van der Waals surface area contributed by atoms with Crippen molar-refractivity contribution in [2.75, 3.05) is 11.9 Å². The standard InChI is InChI=1S/C17H23NOS/c1-12(2)11-19-16-8-6-5-7-15(16)18-14(4)17-10-9-13(3)20-17/h5-10,12,14,18H,11H2,1-4H3. The van der Waals surface area contributed by atoms with Crippen LogP contribution in [0, 0.1) is 12.8 Å². The van der Waals surface area contributed by atoms with E-state index in [0.29, 0.717) is 5.92 Å². The smallest absolute Gasteiger partial charge is 0.142 e. The lowest BCUT2D eigenvalue weighted by Crippen LogP contribution is -2.09. The molecule has 0 aliphatic heterocycles. The number of benzene rings is 1. The summed E-state index contributed by atoms with van der Waals surface area (Å²) in [6.45, 7) is 9.39. The summed E-state index contributed by atoms with van der Waals surface area (Å²) in [4.78, 5) is 2.69. The molecule has 2 rings (SSSR count). The van der Waals surface area contributed by atoms with Crippen LogP contribution in [0.1, 0.15) is 36.6 Å². The molecule has 1 aromatic heterocycles. The molecule has 0 fully saturated rings. The molecule has 0 saturated carbocycles. The van der Waals surface area contributed by atoms with E-state index in [9.17, 15) is 0 Å². The van der Waals surface area contributed by atoms with Crippen LogP contribution >= 0.6 is 11.3 Å². The van der Waals surface area contributed by atoms with E-state index in [0.717, 1.165) is 18.0 Å². The van der Waals surface area contributed by atoms with Crippen LogP contribution < -0.4 is 10.1 Å². The maximum Gasteiger partial charge on any atom is 0.142 e. The molecule has 0 saturated heterocycles. The molecule has 0 aliphatic carbocycles. The number of hydrogen-bond acceptors (Lipinski definition) is 3. The summed E-state index contributed by atoms with van der Waals surface area (Å²) in [5.41, 5.74) is 1.06. The molecule has 1 unspecified atom stereocenters. The van der Waals surface area contributed by atoms with E-state index in [1.54, 1.807) is 0 Å². The van der Waals surface area contributed by atoms with Crippen LogP contribution in [0.15, 0.2) is 36.4 Å². The Balaban J connectivity index is 2.08. The highest BCUT2D eigenvalue weighted by Crippen LogP contribution is 2.30. The number of para-hydroxylation sites is 2. The Morgan fingerprint density at radius 1 is 1.10 bits per heavy atom. The first-order chi connectivity index (χ1) is 9.56. The molecular formula is C17H23NOS. The van der Waals surface area contributed by atoms with Crippen molar-refractivity contribution in [3.63, 3.8) is 0 Å². The Hall–Kier alpha value is -1.48. The molecule has 1 aromatic carbocycles. The second kappa shape index (κ2) is 6.80. The van der Waals surface area contributed by atoms with Crippen LogP contribution in [0.3, 0.4) is 0 Å². The van der Waals surface area contributed by atoms with Gasteiger partial charge in [0.1, 0.15) is 5.75 Å². The van der Waals surface area contributed by atoms with Gasteiger partial charge in [0.15, 0.2) is 0 Å². The number of nitrogens with one attached hydrogen (secondary N) is 1. The lowest BCUT2D eigenvalue weighted by atomic mass is 10.2. The summed E-state index contributed by atoms with van der Waals surface area (Å²) in [5, 5.41) is 3.55. The van der Waals surface area contributed by atoms with Gasteiger partial charge in [0, 0.05) is 9.75 Å². The van der Waals surface area contributed by atoms with E-state index in [4.69, 9.17) is 4.74 Å². The van der Waals surface area contributed by atoms with Crippen molar-refractivity contribution in [1.29, 1.82) is 0 Å². The summed E-state index contributed by atoms with van der Waals surface area (Å²) in [7, 11) is 0. The average molecular weight is 289 g/mol. The summed E-state index contributed by atoms with van der Waals surface area (Å²) in [5.74, 6) is 1.46. The quantitative estimate of drug-likeness (QED) is 0.782. The fourth-order valence-corrected chi connectivity index (χ4v) is 2.84. The van der Waals surface area contributed by atoms with Crippen molar-refractivity contribution in [3.8, 4) is 5.75 Å². The van der Waals surface area contributed by atoms with Gasteiger partial charge in [0.25, 0.3) is 0 Å². The maximum atomic E-state index is 5.88. The average Bonchev–Trinajstić information content (AvgIpc) is 2.84. The topological polar surface area (TPSA) is 21.3 Å². The summed E-state index contributed by atoms with van der Waals surface area (Å²) < 4.78 is 5.88. The zero-order valence-corrected chi connectivity index (χ0v) is 13.5. The molecule has 1 atom stereocenters. The van der Waals surface area contributed by atoms with Crippen molar-refractivity contribution in [3.05, 3.63) is 46.2 Å². The zero-order valence-electron chi connectivity index (χ0n) is 12.6. The minimum atomic E-state index is 0.289. The molecule has 20 heavy (non-hydrogen) atoms. The normalized spacial score (nSPS) is 12.4. The third-order valence-electron chi connectivity index (χ3n) is 3.02. The van der Waals surface area contributed by atoms with Crippen LogP contribution in [0.2, 0.25) is 0 Å². The predicted molar refractivity (Wildman–Crippen MR) is 87.9 cm³/mol. The highest BCUT2D eigenvalue weighted by Gasteiger charge is 2.10. The fraction of sp³-hybridized carbons (Fsp3) is 0.412.